The van der Waals surface area contributed by atoms with Crippen molar-refractivity contribution in [2.45, 2.75) is 18.2 Å². The van der Waals surface area contributed by atoms with Crippen molar-refractivity contribution < 1.29 is 22.3 Å². The highest BCUT2D eigenvalue weighted by molar-refractivity contribution is 7.89. The summed E-state index contributed by atoms with van der Waals surface area (Å²) in [6.45, 7) is -0.391. The summed E-state index contributed by atoms with van der Waals surface area (Å²) in [5, 5.41) is 8.82. The van der Waals surface area contributed by atoms with Crippen molar-refractivity contribution in [3.63, 3.8) is 0 Å². The summed E-state index contributed by atoms with van der Waals surface area (Å²) in [7, 11) is -4.15. The molecule has 0 saturated heterocycles. The van der Waals surface area contributed by atoms with Gasteiger partial charge in [-0.1, -0.05) is 12.1 Å². The third-order valence-electron chi connectivity index (χ3n) is 2.53. The molecule has 0 aliphatic rings. The van der Waals surface area contributed by atoms with Crippen LogP contribution in [-0.2, 0) is 10.0 Å². The van der Waals surface area contributed by atoms with Gasteiger partial charge < -0.3 is 10.8 Å². The molecule has 0 aliphatic carbocycles. The molecule has 0 radical (unpaired) electrons. The Morgan fingerprint density at radius 3 is 2.53 bits per heavy atom. The largest absolute Gasteiger partial charge is 0.398 e. The van der Waals surface area contributed by atoms with E-state index in [1.165, 1.54) is 19.1 Å². The number of aliphatic hydroxyl groups is 1. The Hall–Kier alpha value is -1.25. The number of sulfonamides is 1. The van der Waals surface area contributed by atoms with Crippen LogP contribution in [0.3, 0.4) is 0 Å². The van der Waals surface area contributed by atoms with Gasteiger partial charge in [0.1, 0.15) is 4.90 Å². The van der Waals surface area contributed by atoms with Gasteiger partial charge in [-0.25, -0.2) is 17.2 Å². The molecule has 8 heteroatoms. The number of aryl methyl sites for hydroxylation is 1. The molecule has 0 bridgehead atoms. The molecule has 0 unspecified atom stereocenters. The molecule has 0 spiro atoms. The molecule has 0 amide bonds. The lowest BCUT2D eigenvalue weighted by Gasteiger charge is -2.22. The van der Waals surface area contributed by atoms with Gasteiger partial charge in [0, 0.05) is 6.54 Å². The number of nitrogen functional groups attached to an aromatic ring is 1. The Balaban J connectivity index is 3.27. The van der Waals surface area contributed by atoms with Crippen LogP contribution in [0.2, 0.25) is 0 Å². The fourth-order valence-electron chi connectivity index (χ4n) is 1.73. The topological polar surface area (TPSA) is 83.6 Å². The van der Waals surface area contributed by atoms with E-state index in [1.807, 2.05) is 0 Å². The first-order chi connectivity index (χ1) is 8.80. The van der Waals surface area contributed by atoms with Gasteiger partial charge in [-0.15, -0.1) is 0 Å². The lowest BCUT2D eigenvalue weighted by molar-refractivity contribution is 0.113. The number of benzene rings is 1. The van der Waals surface area contributed by atoms with Gasteiger partial charge in [-0.2, -0.15) is 4.31 Å². The van der Waals surface area contributed by atoms with Gasteiger partial charge in [-0.3, -0.25) is 0 Å². The monoisotopic (exact) mass is 294 g/mol. The van der Waals surface area contributed by atoms with Crippen LogP contribution in [0.15, 0.2) is 23.1 Å². The number of alkyl halides is 2. The number of hydrogen-bond acceptors (Lipinski definition) is 4. The van der Waals surface area contributed by atoms with Gasteiger partial charge >= 0.3 is 0 Å². The van der Waals surface area contributed by atoms with Crippen LogP contribution in [0, 0.1) is 6.92 Å². The van der Waals surface area contributed by atoms with Gasteiger partial charge in [0.15, 0.2) is 0 Å². The molecular weight excluding hydrogens is 278 g/mol. The highest BCUT2D eigenvalue weighted by atomic mass is 32.2. The van der Waals surface area contributed by atoms with Crippen molar-refractivity contribution in [3.8, 4) is 0 Å². The standard InChI is InChI=1S/C11H16F2N2O3S/c1-8-3-2-4-9(14)11(8)19(17,18)15(5-6-16)7-10(12)13/h2-4,10,16H,5-7,14H2,1H3. The molecule has 19 heavy (non-hydrogen) atoms. The zero-order chi connectivity index (χ0) is 14.6. The smallest absolute Gasteiger partial charge is 0.252 e. The molecule has 0 aliphatic heterocycles. The van der Waals surface area contributed by atoms with Crippen molar-refractivity contribution >= 4 is 15.7 Å². The van der Waals surface area contributed by atoms with Crippen LogP contribution in [-0.4, -0.2) is 44.0 Å². The minimum Gasteiger partial charge on any atom is -0.398 e. The minimum absolute atomic E-state index is 0.00259. The first kappa shape index (κ1) is 15.8. The molecule has 1 rings (SSSR count). The summed E-state index contributed by atoms with van der Waals surface area (Å²) >= 11 is 0. The third kappa shape index (κ3) is 3.62. The molecular formula is C11H16F2N2O3S. The minimum atomic E-state index is -4.15. The molecule has 0 saturated carbocycles. The van der Waals surface area contributed by atoms with E-state index in [0.717, 1.165) is 0 Å². The van der Waals surface area contributed by atoms with Crippen LogP contribution < -0.4 is 5.73 Å². The lowest BCUT2D eigenvalue weighted by atomic mass is 10.2. The van der Waals surface area contributed by atoms with E-state index in [9.17, 15) is 17.2 Å². The Labute approximate surface area is 110 Å². The molecule has 0 atom stereocenters. The quantitative estimate of drug-likeness (QED) is 0.761. The number of nitrogens with zero attached hydrogens (tertiary/aromatic N) is 1. The first-order valence-corrected chi connectivity index (χ1v) is 6.99. The van der Waals surface area contributed by atoms with E-state index < -0.39 is 36.1 Å². The summed E-state index contributed by atoms with van der Waals surface area (Å²) < 4.78 is 50.0. The summed E-state index contributed by atoms with van der Waals surface area (Å²) in [5.74, 6) is 0. The predicted octanol–water partition coefficient (Wildman–Crippen LogP) is 0.825. The van der Waals surface area contributed by atoms with Crippen molar-refractivity contribution in [1.82, 2.24) is 4.31 Å². The molecule has 1 aromatic rings. The van der Waals surface area contributed by atoms with Gasteiger partial charge in [-0.05, 0) is 18.6 Å². The lowest BCUT2D eigenvalue weighted by Crippen LogP contribution is -2.37. The van der Waals surface area contributed by atoms with Crippen LogP contribution >= 0.6 is 0 Å². The molecule has 0 heterocycles. The summed E-state index contributed by atoms with van der Waals surface area (Å²) in [5.41, 5.74) is 5.99. The highest BCUT2D eigenvalue weighted by Gasteiger charge is 2.29. The fraction of sp³-hybridized carbons (Fsp3) is 0.455. The average molecular weight is 294 g/mol. The average Bonchev–Trinajstić information content (AvgIpc) is 2.27. The second-order valence-corrected chi connectivity index (χ2v) is 5.85. The van der Waals surface area contributed by atoms with E-state index in [1.54, 1.807) is 6.07 Å². The third-order valence-corrected chi connectivity index (χ3v) is 4.62. The summed E-state index contributed by atoms with van der Waals surface area (Å²) in [6, 6.07) is 4.50. The van der Waals surface area contributed by atoms with Crippen LogP contribution in [0.1, 0.15) is 5.56 Å². The van der Waals surface area contributed by atoms with Crippen molar-refractivity contribution in [2.75, 3.05) is 25.4 Å². The maximum absolute atomic E-state index is 12.4. The highest BCUT2D eigenvalue weighted by Crippen LogP contribution is 2.26. The van der Waals surface area contributed by atoms with Crippen molar-refractivity contribution in [2.24, 2.45) is 0 Å². The Bertz CT molecular complexity index is 514. The first-order valence-electron chi connectivity index (χ1n) is 5.55. The maximum Gasteiger partial charge on any atom is 0.252 e. The number of rotatable bonds is 6. The number of halogens is 2. The molecule has 5 nitrogen and oxygen atoms in total. The second kappa shape index (κ2) is 6.27. The zero-order valence-electron chi connectivity index (χ0n) is 10.4. The van der Waals surface area contributed by atoms with E-state index in [4.69, 9.17) is 10.8 Å². The molecule has 0 aromatic heterocycles. The number of nitrogens with two attached hydrogens (primary N) is 1. The normalized spacial score (nSPS) is 12.3. The zero-order valence-corrected chi connectivity index (χ0v) is 11.2. The van der Waals surface area contributed by atoms with Crippen LogP contribution in [0.4, 0.5) is 14.5 Å². The number of aliphatic hydroxyl groups excluding tert-OH is 1. The molecule has 1 aromatic carbocycles. The van der Waals surface area contributed by atoms with E-state index in [-0.39, 0.29) is 10.6 Å². The Morgan fingerprint density at radius 2 is 2.05 bits per heavy atom. The van der Waals surface area contributed by atoms with E-state index in [0.29, 0.717) is 9.87 Å². The van der Waals surface area contributed by atoms with Crippen molar-refractivity contribution in [1.29, 1.82) is 0 Å². The second-order valence-electron chi connectivity index (χ2n) is 3.97. The summed E-state index contributed by atoms with van der Waals surface area (Å²) in [4.78, 5) is -0.191. The Kier molecular flexibility index (Phi) is 5.21. The fourth-order valence-corrected chi connectivity index (χ4v) is 3.46. The van der Waals surface area contributed by atoms with Crippen molar-refractivity contribution in [3.05, 3.63) is 23.8 Å². The molecule has 0 fully saturated rings. The molecule has 108 valence electrons. The SMILES string of the molecule is Cc1cccc(N)c1S(=O)(=O)N(CCO)CC(F)F. The van der Waals surface area contributed by atoms with Crippen LogP contribution in [0.25, 0.3) is 0 Å². The number of anilines is 1. The molecule has 3 N–H and O–H groups in total. The van der Waals surface area contributed by atoms with Gasteiger partial charge in [0.05, 0.1) is 18.8 Å². The van der Waals surface area contributed by atoms with E-state index in [2.05, 4.69) is 0 Å². The maximum atomic E-state index is 12.4. The Morgan fingerprint density at radius 1 is 1.42 bits per heavy atom. The number of hydrogen-bond donors (Lipinski definition) is 2. The summed E-state index contributed by atoms with van der Waals surface area (Å²) in [6.07, 6.45) is -2.83. The van der Waals surface area contributed by atoms with E-state index >= 15 is 0 Å². The van der Waals surface area contributed by atoms with Gasteiger partial charge in [0.2, 0.25) is 10.0 Å². The van der Waals surface area contributed by atoms with Gasteiger partial charge in [0.25, 0.3) is 6.43 Å². The van der Waals surface area contributed by atoms with Crippen LogP contribution in [0.5, 0.6) is 0 Å². The predicted molar refractivity (Wildman–Crippen MR) is 67.4 cm³/mol.